The summed E-state index contributed by atoms with van der Waals surface area (Å²) >= 11 is 0. The van der Waals surface area contributed by atoms with Crippen molar-refractivity contribution >= 4 is 11.4 Å². The lowest BCUT2D eigenvalue weighted by molar-refractivity contribution is 1.09. The van der Waals surface area contributed by atoms with Gasteiger partial charge in [-0.25, -0.2) is 0 Å². The molecule has 3 aromatic carbocycles. The number of nitrogen functional groups attached to an aromatic ring is 2. The second kappa shape index (κ2) is 6.35. The van der Waals surface area contributed by atoms with E-state index in [0.717, 1.165) is 35.3 Å². The van der Waals surface area contributed by atoms with Crippen LogP contribution in [0.3, 0.4) is 0 Å². The van der Waals surface area contributed by atoms with Crippen molar-refractivity contribution in [1.29, 1.82) is 0 Å². The van der Waals surface area contributed by atoms with E-state index in [4.69, 9.17) is 11.5 Å². The van der Waals surface area contributed by atoms with Gasteiger partial charge in [0.25, 0.3) is 0 Å². The Hall–Kier alpha value is -2.74. The van der Waals surface area contributed by atoms with E-state index in [9.17, 15) is 0 Å². The number of rotatable bonds is 4. The molecule has 3 aromatic rings. The Labute approximate surface area is 131 Å². The molecule has 0 aliphatic rings. The molecule has 0 spiro atoms. The van der Waals surface area contributed by atoms with Crippen LogP contribution in [0.2, 0.25) is 0 Å². The van der Waals surface area contributed by atoms with Crippen LogP contribution < -0.4 is 11.5 Å². The normalized spacial score (nSPS) is 10.5. The molecule has 0 radical (unpaired) electrons. The Morgan fingerprint density at radius 2 is 0.773 bits per heavy atom. The van der Waals surface area contributed by atoms with Crippen LogP contribution in [0.15, 0.2) is 72.8 Å². The molecule has 0 bridgehead atoms. The molecule has 0 aliphatic heterocycles. The Bertz CT molecular complexity index is 711. The molecule has 0 amide bonds. The number of para-hydroxylation sites is 2. The van der Waals surface area contributed by atoms with Crippen LogP contribution in [0, 0.1) is 0 Å². The molecule has 0 unspecified atom stereocenters. The van der Waals surface area contributed by atoms with E-state index in [1.54, 1.807) is 0 Å². The summed E-state index contributed by atoms with van der Waals surface area (Å²) in [6.45, 7) is 0. The van der Waals surface area contributed by atoms with Crippen LogP contribution in [0.4, 0.5) is 11.4 Å². The van der Waals surface area contributed by atoms with E-state index in [1.165, 1.54) is 11.1 Å². The Morgan fingerprint density at radius 3 is 1.14 bits per heavy atom. The van der Waals surface area contributed by atoms with E-state index in [0.29, 0.717) is 0 Å². The van der Waals surface area contributed by atoms with Gasteiger partial charge < -0.3 is 11.5 Å². The minimum atomic E-state index is 0.843. The Kier molecular flexibility index (Phi) is 4.10. The van der Waals surface area contributed by atoms with Crippen LogP contribution in [0.5, 0.6) is 0 Å². The second-order valence-corrected chi connectivity index (χ2v) is 5.52. The zero-order valence-corrected chi connectivity index (χ0v) is 12.5. The summed E-state index contributed by atoms with van der Waals surface area (Å²) in [6, 6.07) is 24.6. The van der Waals surface area contributed by atoms with Crippen LogP contribution in [0.1, 0.15) is 22.3 Å². The number of hydrogen-bond donors (Lipinski definition) is 2. The maximum atomic E-state index is 6.08. The predicted octanol–water partition coefficient (Wildman–Crippen LogP) is 4.03. The number of benzene rings is 3. The molecule has 2 nitrogen and oxygen atoms in total. The first-order valence-electron chi connectivity index (χ1n) is 7.47. The van der Waals surface area contributed by atoms with Crippen molar-refractivity contribution in [3.05, 3.63) is 95.1 Å². The highest BCUT2D eigenvalue weighted by molar-refractivity contribution is 5.52. The Morgan fingerprint density at radius 1 is 0.455 bits per heavy atom. The van der Waals surface area contributed by atoms with Crippen LogP contribution in [-0.4, -0.2) is 0 Å². The molecule has 0 aromatic heterocycles. The van der Waals surface area contributed by atoms with Gasteiger partial charge in [-0.1, -0.05) is 60.7 Å². The molecule has 0 atom stereocenters. The molecule has 110 valence electrons. The predicted molar refractivity (Wildman–Crippen MR) is 93.8 cm³/mol. The molecule has 2 heteroatoms. The molecule has 3 rings (SSSR count). The van der Waals surface area contributed by atoms with E-state index >= 15 is 0 Å². The fraction of sp³-hybridized carbons (Fsp3) is 0.100. The van der Waals surface area contributed by atoms with Gasteiger partial charge in [-0.05, 0) is 47.2 Å². The summed E-state index contributed by atoms with van der Waals surface area (Å²) in [6.07, 6.45) is 1.69. The summed E-state index contributed by atoms with van der Waals surface area (Å²) < 4.78 is 0. The lowest BCUT2D eigenvalue weighted by atomic mass is 9.94. The van der Waals surface area contributed by atoms with Gasteiger partial charge in [0.05, 0.1) is 0 Å². The summed E-state index contributed by atoms with van der Waals surface area (Å²) in [5, 5.41) is 0. The Balaban J connectivity index is 1.91. The quantitative estimate of drug-likeness (QED) is 0.712. The summed E-state index contributed by atoms with van der Waals surface area (Å²) in [4.78, 5) is 0. The first kappa shape index (κ1) is 14.2. The van der Waals surface area contributed by atoms with Gasteiger partial charge in [0.2, 0.25) is 0 Å². The molecular formula is C20H20N2. The first-order chi connectivity index (χ1) is 10.7. The van der Waals surface area contributed by atoms with Crippen molar-refractivity contribution in [2.24, 2.45) is 0 Å². The van der Waals surface area contributed by atoms with Gasteiger partial charge in [0, 0.05) is 11.4 Å². The molecule has 0 fully saturated rings. The average molecular weight is 288 g/mol. The zero-order valence-electron chi connectivity index (χ0n) is 12.5. The number of hydrogen-bond acceptors (Lipinski definition) is 2. The van der Waals surface area contributed by atoms with E-state index in [2.05, 4.69) is 36.4 Å². The average Bonchev–Trinajstić information content (AvgIpc) is 2.53. The molecule has 0 saturated heterocycles. The maximum Gasteiger partial charge on any atom is 0.0349 e. The lowest BCUT2D eigenvalue weighted by Crippen LogP contribution is -2.01. The SMILES string of the molecule is Nc1ccccc1Cc1ccccc1Cc1ccccc1N. The second-order valence-electron chi connectivity index (χ2n) is 5.52. The maximum absolute atomic E-state index is 6.08. The first-order valence-corrected chi connectivity index (χ1v) is 7.47. The summed E-state index contributed by atoms with van der Waals surface area (Å²) in [5.41, 5.74) is 18.8. The molecular weight excluding hydrogens is 268 g/mol. The topological polar surface area (TPSA) is 52.0 Å². The van der Waals surface area contributed by atoms with Gasteiger partial charge in [0.15, 0.2) is 0 Å². The fourth-order valence-electron chi connectivity index (χ4n) is 2.70. The largest absolute Gasteiger partial charge is 0.398 e. The third-order valence-electron chi connectivity index (χ3n) is 3.99. The molecule has 4 N–H and O–H groups in total. The smallest absolute Gasteiger partial charge is 0.0349 e. The van der Waals surface area contributed by atoms with Gasteiger partial charge >= 0.3 is 0 Å². The van der Waals surface area contributed by atoms with Crippen molar-refractivity contribution in [3.63, 3.8) is 0 Å². The molecule has 0 heterocycles. The van der Waals surface area contributed by atoms with Crippen molar-refractivity contribution < 1.29 is 0 Å². The number of nitrogens with two attached hydrogens (primary N) is 2. The highest BCUT2D eigenvalue weighted by Crippen LogP contribution is 2.22. The van der Waals surface area contributed by atoms with E-state index in [1.807, 2.05) is 36.4 Å². The fourth-order valence-corrected chi connectivity index (χ4v) is 2.70. The summed E-state index contributed by atoms with van der Waals surface area (Å²) in [5.74, 6) is 0. The van der Waals surface area contributed by atoms with Crippen molar-refractivity contribution in [1.82, 2.24) is 0 Å². The van der Waals surface area contributed by atoms with Crippen LogP contribution >= 0.6 is 0 Å². The third kappa shape index (κ3) is 3.12. The van der Waals surface area contributed by atoms with Crippen LogP contribution in [0.25, 0.3) is 0 Å². The minimum Gasteiger partial charge on any atom is -0.398 e. The highest BCUT2D eigenvalue weighted by Gasteiger charge is 2.07. The van der Waals surface area contributed by atoms with Gasteiger partial charge in [-0.2, -0.15) is 0 Å². The highest BCUT2D eigenvalue weighted by atomic mass is 14.6. The van der Waals surface area contributed by atoms with Crippen LogP contribution in [-0.2, 0) is 12.8 Å². The van der Waals surface area contributed by atoms with Crippen molar-refractivity contribution in [2.75, 3.05) is 11.5 Å². The minimum absolute atomic E-state index is 0.843. The summed E-state index contributed by atoms with van der Waals surface area (Å²) in [7, 11) is 0. The van der Waals surface area contributed by atoms with Crippen molar-refractivity contribution in [2.45, 2.75) is 12.8 Å². The zero-order chi connectivity index (χ0) is 15.4. The van der Waals surface area contributed by atoms with E-state index in [-0.39, 0.29) is 0 Å². The monoisotopic (exact) mass is 288 g/mol. The van der Waals surface area contributed by atoms with Gasteiger partial charge in [-0.3, -0.25) is 0 Å². The molecule has 22 heavy (non-hydrogen) atoms. The lowest BCUT2D eigenvalue weighted by Gasteiger charge is -2.12. The van der Waals surface area contributed by atoms with E-state index < -0.39 is 0 Å². The standard InChI is InChI=1S/C20H20N2/c21-19-11-5-3-9-17(19)13-15-7-1-2-8-16(15)14-18-10-4-6-12-20(18)22/h1-12H,13-14,21-22H2. The van der Waals surface area contributed by atoms with Crippen molar-refractivity contribution in [3.8, 4) is 0 Å². The van der Waals surface area contributed by atoms with Gasteiger partial charge in [-0.15, -0.1) is 0 Å². The molecule has 0 aliphatic carbocycles. The number of anilines is 2. The van der Waals surface area contributed by atoms with Gasteiger partial charge in [0.1, 0.15) is 0 Å². The molecule has 0 saturated carbocycles. The third-order valence-corrected chi connectivity index (χ3v) is 3.99.